The zero-order chi connectivity index (χ0) is 12.7. The number of hydrogen-bond acceptors (Lipinski definition) is 4. The van der Waals surface area contributed by atoms with Crippen molar-refractivity contribution in [1.82, 2.24) is 15.1 Å². The Morgan fingerprint density at radius 3 is 3.00 bits per heavy atom. The number of nitrogens with one attached hydrogen (secondary N) is 2. The van der Waals surface area contributed by atoms with Crippen molar-refractivity contribution in [1.29, 1.82) is 0 Å². The lowest BCUT2D eigenvalue weighted by Gasteiger charge is -2.05. The maximum absolute atomic E-state index is 11.6. The van der Waals surface area contributed by atoms with E-state index in [1.807, 2.05) is 20.2 Å². The highest BCUT2D eigenvalue weighted by Crippen LogP contribution is 2.12. The largest absolute Gasteiger partial charge is 0.383 e. The summed E-state index contributed by atoms with van der Waals surface area (Å²) in [5, 5.41) is 10.1. The minimum Gasteiger partial charge on any atom is -0.383 e. The number of aromatic nitrogens is 2. The highest BCUT2D eigenvalue weighted by Gasteiger charge is 2.08. The number of aryl methyl sites for hydroxylation is 2. The standard InChI is InChI=1S/C11H20N4O2/c1-4-9-10(8-15(2)14-9)13-11(16)7-12-5-6-17-3/h8,12H,4-7H2,1-3H3,(H,13,16). The number of ether oxygens (including phenoxy) is 1. The molecule has 0 unspecified atom stereocenters. The average molecular weight is 240 g/mol. The maximum atomic E-state index is 11.6. The number of amides is 1. The van der Waals surface area contributed by atoms with Crippen LogP contribution in [-0.2, 0) is 23.0 Å². The molecule has 0 saturated carbocycles. The van der Waals surface area contributed by atoms with E-state index >= 15 is 0 Å². The number of carbonyl (C=O) groups excluding carboxylic acids is 1. The van der Waals surface area contributed by atoms with Crippen molar-refractivity contribution in [2.24, 2.45) is 7.05 Å². The van der Waals surface area contributed by atoms with Crippen molar-refractivity contribution in [3.63, 3.8) is 0 Å². The Bertz CT molecular complexity index is 362. The predicted octanol–water partition coefficient (Wildman–Crippen LogP) is 0.157. The third kappa shape index (κ3) is 4.54. The summed E-state index contributed by atoms with van der Waals surface area (Å²) in [5.41, 5.74) is 1.69. The molecule has 1 amide bonds. The van der Waals surface area contributed by atoms with Gasteiger partial charge in [-0.05, 0) is 6.42 Å². The lowest BCUT2D eigenvalue weighted by atomic mass is 10.3. The molecule has 0 saturated heterocycles. The second kappa shape index (κ2) is 7.03. The van der Waals surface area contributed by atoms with Crippen LogP contribution in [0.2, 0.25) is 0 Å². The zero-order valence-electron chi connectivity index (χ0n) is 10.6. The van der Waals surface area contributed by atoms with Crippen LogP contribution in [0.4, 0.5) is 5.69 Å². The molecule has 1 aromatic heterocycles. The number of methoxy groups -OCH3 is 1. The van der Waals surface area contributed by atoms with Gasteiger partial charge in [-0.1, -0.05) is 6.92 Å². The SMILES string of the molecule is CCc1nn(C)cc1NC(=O)CNCCOC. The number of hydrogen-bond donors (Lipinski definition) is 2. The molecule has 6 nitrogen and oxygen atoms in total. The van der Waals surface area contributed by atoms with Crippen molar-refractivity contribution in [2.75, 3.05) is 32.1 Å². The van der Waals surface area contributed by atoms with Gasteiger partial charge >= 0.3 is 0 Å². The van der Waals surface area contributed by atoms with Gasteiger partial charge in [0.15, 0.2) is 0 Å². The van der Waals surface area contributed by atoms with E-state index in [2.05, 4.69) is 15.7 Å². The van der Waals surface area contributed by atoms with Gasteiger partial charge in [0.05, 0.1) is 24.5 Å². The minimum atomic E-state index is -0.0659. The van der Waals surface area contributed by atoms with Crippen LogP contribution in [0.15, 0.2) is 6.20 Å². The molecule has 96 valence electrons. The predicted molar refractivity (Wildman–Crippen MR) is 66.0 cm³/mol. The third-order valence-electron chi connectivity index (χ3n) is 2.28. The van der Waals surface area contributed by atoms with Gasteiger partial charge in [0.1, 0.15) is 0 Å². The van der Waals surface area contributed by atoms with Crippen LogP contribution in [0.1, 0.15) is 12.6 Å². The fourth-order valence-electron chi connectivity index (χ4n) is 1.47. The summed E-state index contributed by atoms with van der Waals surface area (Å²) in [6.07, 6.45) is 2.61. The molecule has 0 spiro atoms. The van der Waals surface area contributed by atoms with Crippen molar-refractivity contribution >= 4 is 11.6 Å². The topological polar surface area (TPSA) is 68.2 Å². The highest BCUT2D eigenvalue weighted by atomic mass is 16.5. The summed E-state index contributed by atoms with van der Waals surface area (Å²) in [5.74, 6) is -0.0659. The van der Waals surface area contributed by atoms with Gasteiger partial charge in [-0.3, -0.25) is 9.48 Å². The molecule has 1 rings (SSSR count). The highest BCUT2D eigenvalue weighted by molar-refractivity contribution is 5.92. The molecule has 0 radical (unpaired) electrons. The molecule has 0 atom stereocenters. The number of anilines is 1. The quantitative estimate of drug-likeness (QED) is 0.666. The summed E-state index contributed by atoms with van der Waals surface area (Å²) in [4.78, 5) is 11.6. The van der Waals surface area contributed by atoms with Gasteiger partial charge < -0.3 is 15.4 Å². The summed E-state index contributed by atoms with van der Waals surface area (Å²) in [6, 6.07) is 0. The second-order valence-corrected chi connectivity index (χ2v) is 3.73. The monoisotopic (exact) mass is 240 g/mol. The van der Waals surface area contributed by atoms with Gasteiger partial charge in [-0.2, -0.15) is 5.10 Å². The lowest BCUT2D eigenvalue weighted by Crippen LogP contribution is -2.30. The van der Waals surface area contributed by atoms with Crippen LogP contribution in [-0.4, -0.2) is 42.5 Å². The molecule has 0 aromatic carbocycles. The van der Waals surface area contributed by atoms with Crippen molar-refractivity contribution in [3.8, 4) is 0 Å². The Hall–Kier alpha value is -1.40. The van der Waals surface area contributed by atoms with Crippen LogP contribution in [0.25, 0.3) is 0 Å². The van der Waals surface area contributed by atoms with Crippen LogP contribution in [0, 0.1) is 0 Å². The van der Waals surface area contributed by atoms with Crippen molar-refractivity contribution in [3.05, 3.63) is 11.9 Å². The fourth-order valence-corrected chi connectivity index (χ4v) is 1.47. The normalized spacial score (nSPS) is 10.5. The van der Waals surface area contributed by atoms with Gasteiger partial charge in [-0.15, -0.1) is 0 Å². The van der Waals surface area contributed by atoms with E-state index in [0.717, 1.165) is 17.8 Å². The Morgan fingerprint density at radius 2 is 2.35 bits per heavy atom. The molecule has 0 aliphatic rings. The van der Waals surface area contributed by atoms with E-state index in [1.165, 1.54) is 0 Å². The average Bonchev–Trinajstić information content (AvgIpc) is 2.65. The Balaban J connectivity index is 2.39. The summed E-state index contributed by atoms with van der Waals surface area (Å²) in [6.45, 7) is 3.55. The van der Waals surface area contributed by atoms with Gasteiger partial charge in [0.2, 0.25) is 5.91 Å². The molecule has 1 heterocycles. The van der Waals surface area contributed by atoms with Gasteiger partial charge in [-0.25, -0.2) is 0 Å². The van der Waals surface area contributed by atoms with Crippen molar-refractivity contribution in [2.45, 2.75) is 13.3 Å². The Labute approximate surface area is 101 Å². The molecule has 17 heavy (non-hydrogen) atoms. The number of carbonyl (C=O) groups is 1. The van der Waals surface area contributed by atoms with E-state index in [0.29, 0.717) is 13.2 Å². The Morgan fingerprint density at radius 1 is 1.59 bits per heavy atom. The van der Waals surface area contributed by atoms with E-state index in [9.17, 15) is 4.79 Å². The first-order valence-corrected chi connectivity index (χ1v) is 5.69. The van der Waals surface area contributed by atoms with E-state index < -0.39 is 0 Å². The second-order valence-electron chi connectivity index (χ2n) is 3.73. The third-order valence-corrected chi connectivity index (χ3v) is 2.28. The van der Waals surface area contributed by atoms with Gasteiger partial charge in [0.25, 0.3) is 0 Å². The Kier molecular flexibility index (Phi) is 5.65. The van der Waals surface area contributed by atoms with E-state index in [4.69, 9.17) is 4.74 Å². The van der Waals surface area contributed by atoms with Crippen LogP contribution in [0.5, 0.6) is 0 Å². The maximum Gasteiger partial charge on any atom is 0.238 e. The first-order valence-electron chi connectivity index (χ1n) is 5.69. The van der Waals surface area contributed by atoms with Gasteiger partial charge in [0, 0.05) is 26.9 Å². The zero-order valence-corrected chi connectivity index (χ0v) is 10.6. The van der Waals surface area contributed by atoms with Crippen LogP contribution in [0.3, 0.4) is 0 Å². The fraction of sp³-hybridized carbons (Fsp3) is 0.636. The van der Waals surface area contributed by atoms with E-state index in [1.54, 1.807) is 11.8 Å². The molecule has 0 aliphatic heterocycles. The first-order chi connectivity index (χ1) is 8.17. The molecule has 0 fully saturated rings. The van der Waals surface area contributed by atoms with E-state index in [-0.39, 0.29) is 12.5 Å². The molecule has 6 heteroatoms. The first kappa shape index (κ1) is 13.7. The minimum absolute atomic E-state index is 0.0659. The smallest absolute Gasteiger partial charge is 0.238 e. The molecule has 0 aliphatic carbocycles. The molecular formula is C11H20N4O2. The van der Waals surface area contributed by atoms with Crippen LogP contribution >= 0.6 is 0 Å². The number of rotatable bonds is 7. The summed E-state index contributed by atoms with van der Waals surface area (Å²) >= 11 is 0. The molecular weight excluding hydrogens is 220 g/mol. The molecule has 2 N–H and O–H groups in total. The summed E-state index contributed by atoms with van der Waals surface area (Å²) < 4.78 is 6.58. The molecule has 0 bridgehead atoms. The molecule has 1 aromatic rings. The summed E-state index contributed by atoms with van der Waals surface area (Å²) in [7, 11) is 3.47. The van der Waals surface area contributed by atoms with Crippen molar-refractivity contribution < 1.29 is 9.53 Å². The number of nitrogens with zero attached hydrogens (tertiary/aromatic N) is 2. The van der Waals surface area contributed by atoms with Crippen LogP contribution < -0.4 is 10.6 Å². The lowest BCUT2D eigenvalue weighted by molar-refractivity contribution is -0.115.